The van der Waals surface area contributed by atoms with Crippen molar-refractivity contribution < 1.29 is 18.7 Å². The number of fused-ring (bicyclic) bond motifs is 1. The van der Waals surface area contributed by atoms with Crippen LogP contribution in [0.4, 0.5) is 9.39 Å². The molecule has 0 atom stereocenters. The minimum absolute atomic E-state index is 0.158. The van der Waals surface area contributed by atoms with Gasteiger partial charge in [0.05, 0.1) is 17.7 Å². The second-order valence-corrected chi connectivity index (χ2v) is 8.72. The molecule has 2 heterocycles. The Morgan fingerprint density at radius 1 is 1.19 bits per heavy atom. The average Bonchev–Trinajstić information content (AvgIpc) is 3.18. The zero-order valence-electron chi connectivity index (χ0n) is 17.8. The van der Waals surface area contributed by atoms with Crippen molar-refractivity contribution in [2.45, 2.75) is 25.7 Å². The number of aromatic nitrogens is 1. The van der Waals surface area contributed by atoms with E-state index < -0.39 is 5.82 Å². The molecule has 32 heavy (non-hydrogen) atoms. The van der Waals surface area contributed by atoms with Gasteiger partial charge in [0.1, 0.15) is 11.6 Å². The van der Waals surface area contributed by atoms with Crippen molar-refractivity contribution in [1.29, 1.82) is 0 Å². The van der Waals surface area contributed by atoms with E-state index in [1.54, 1.807) is 48.5 Å². The molecule has 0 spiro atoms. The monoisotopic (exact) mass is 453 g/mol. The number of nitrogens with one attached hydrogen (secondary N) is 1. The smallest absolute Gasteiger partial charge is 0.257 e. The van der Waals surface area contributed by atoms with E-state index in [4.69, 9.17) is 4.74 Å². The van der Waals surface area contributed by atoms with Gasteiger partial charge in [-0.3, -0.25) is 14.6 Å². The number of anilines is 1. The highest BCUT2D eigenvalue weighted by atomic mass is 32.1. The SMILES string of the molecule is CN(CCOc1ccccc1F)C(=O)c1c(NC(=O)c2cccnc2)sc2c1CCCC2. The highest BCUT2D eigenvalue weighted by molar-refractivity contribution is 7.17. The lowest BCUT2D eigenvalue weighted by atomic mass is 9.95. The molecule has 1 aliphatic rings. The van der Waals surface area contributed by atoms with Gasteiger partial charge in [-0.15, -0.1) is 11.3 Å². The molecule has 8 heteroatoms. The Balaban J connectivity index is 1.50. The molecule has 1 aliphatic carbocycles. The van der Waals surface area contributed by atoms with Gasteiger partial charge in [-0.05, 0) is 55.5 Å². The fraction of sp³-hybridized carbons (Fsp3) is 0.292. The first kappa shape index (κ1) is 22.0. The van der Waals surface area contributed by atoms with Crippen LogP contribution < -0.4 is 10.1 Å². The molecule has 166 valence electrons. The Kier molecular flexibility index (Phi) is 6.80. The van der Waals surface area contributed by atoms with Crippen LogP contribution in [0.2, 0.25) is 0 Å². The molecule has 0 radical (unpaired) electrons. The minimum atomic E-state index is -0.436. The van der Waals surface area contributed by atoms with E-state index in [1.807, 2.05) is 0 Å². The first-order valence-corrected chi connectivity index (χ1v) is 11.3. The fourth-order valence-electron chi connectivity index (χ4n) is 3.70. The van der Waals surface area contributed by atoms with Crippen LogP contribution in [-0.2, 0) is 12.8 Å². The lowest BCUT2D eigenvalue weighted by molar-refractivity contribution is 0.0773. The van der Waals surface area contributed by atoms with Gasteiger partial charge in [-0.2, -0.15) is 0 Å². The number of halogens is 1. The van der Waals surface area contributed by atoms with Crippen LogP contribution >= 0.6 is 11.3 Å². The van der Waals surface area contributed by atoms with Crippen molar-refractivity contribution in [3.63, 3.8) is 0 Å². The van der Waals surface area contributed by atoms with Gasteiger partial charge in [-0.1, -0.05) is 12.1 Å². The Morgan fingerprint density at radius 2 is 2.00 bits per heavy atom. The van der Waals surface area contributed by atoms with Crippen LogP contribution in [-0.4, -0.2) is 41.9 Å². The third-order valence-corrected chi connectivity index (χ3v) is 6.61. The number of hydrogen-bond acceptors (Lipinski definition) is 5. The molecular weight excluding hydrogens is 429 g/mol. The molecule has 0 unspecified atom stereocenters. The number of nitrogens with zero attached hydrogens (tertiary/aromatic N) is 2. The molecule has 0 fully saturated rings. The topological polar surface area (TPSA) is 71.5 Å². The molecular formula is C24H24FN3O3S. The van der Waals surface area contributed by atoms with E-state index in [0.29, 0.717) is 16.1 Å². The number of carbonyl (C=O) groups excluding carboxylic acids is 2. The number of pyridine rings is 1. The molecule has 6 nitrogen and oxygen atoms in total. The van der Waals surface area contributed by atoms with Crippen LogP contribution in [0.5, 0.6) is 5.75 Å². The number of aryl methyl sites for hydroxylation is 1. The summed E-state index contributed by atoms with van der Waals surface area (Å²) in [6.07, 6.45) is 6.91. The maximum atomic E-state index is 13.8. The van der Waals surface area contributed by atoms with E-state index >= 15 is 0 Å². The Hall–Kier alpha value is -3.26. The lowest BCUT2D eigenvalue weighted by Gasteiger charge is -2.20. The van der Waals surface area contributed by atoms with Crippen molar-refractivity contribution in [2.24, 2.45) is 0 Å². The van der Waals surface area contributed by atoms with E-state index in [2.05, 4.69) is 10.3 Å². The summed E-state index contributed by atoms with van der Waals surface area (Å²) in [4.78, 5) is 32.8. The maximum Gasteiger partial charge on any atom is 0.257 e. The van der Waals surface area contributed by atoms with Crippen molar-refractivity contribution in [3.05, 3.63) is 76.2 Å². The van der Waals surface area contributed by atoms with Gasteiger partial charge < -0.3 is 15.0 Å². The number of carbonyl (C=O) groups is 2. The standard InChI is InChI=1S/C24H24FN3O3S/c1-28(13-14-31-19-10-4-3-9-18(19)25)24(30)21-17-8-2-5-11-20(17)32-23(21)27-22(29)16-7-6-12-26-15-16/h3-4,6-7,9-10,12,15H,2,5,8,11,13-14H2,1H3,(H,27,29). The largest absolute Gasteiger partial charge is 0.489 e. The van der Waals surface area contributed by atoms with Crippen molar-refractivity contribution in [1.82, 2.24) is 9.88 Å². The van der Waals surface area contributed by atoms with Crippen LogP contribution in [0.25, 0.3) is 0 Å². The summed E-state index contributed by atoms with van der Waals surface area (Å²) in [5.74, 6) is -0.751. The number of ether oxygens (including phenoxy) is 1. The van der Waals surface area contributed by atoms with Crippen LogP contribution in [0.3, 0.4) is 0 Å². The first-order chi connectivity index (χ1) is 15.5. The minimum Gasteiger partial charge on any atom is -0.489 e. The highest BCUT2D eigenvalue weighted by Crippen LogP contribution is 2.39. The lowest BCUT2D eigenvalue weighted by Crippen LogP contribution is -2.32. The van der Waals surface area contributed by atoms with Crippen LogP contribution in [0.15, 0.2) is 48.8 Å². The number of amides is 2. The number of rotatable bonds is 7. The molecule has 2 amide bonds. The highest BCUT2D eigenvalue weighted by Gasteiger charge is 2.28. The summed E-state index contributed by atoms with van der Waals surface area (Å²) in [5.41, 5.74) is 2.01. The predicted octanol–water partition coefficient (Wildman–Crippen LogP) is 4.56. The zero-order chi connectivity index (χ0) is 22.5. The quantitative estimate of drug-likeness (QED) is 0.569. The normalized spacial score (nSPS) is 12.7. The number of para-hydroxylation sites is 1. The molecule has 1 N–H and O–H groups in total. The van der Waals surface area contributed by atoms with Crippen molar-refractivity contribution in [3.8, 4) is 5.75 Å². The summed E-state index contributed by atoms with van der Waals surface area (Å²) in [5, 5.41) is 3.49. The van der Waals surface area contributed by atoms with Gasteiger partial charge in [0.2, 0.25) is 0 Å². The van der Waals surface area contributed by atoms with E-state index in [0.717, 1.165) is 36.1 Å². The van der Waals surface area contributed by atoms with Gasteiger partial charge in [0, 0.05) is 24.3 Å². The summed E-state index contributed by atoms with van der Waals surface area (Å²) >= 11 is 1.47. The van der Waals surface area contributed by atoms with Crippen LogP contribution in [0, 0.1) is 5.82 Å². The third-order valence-electron chi connectivity index (χ3n) is 5.40. The Bertz CT molecular complexity index is 1120. The number of thiophene rings is 1. The van der Waals surface area contributed by atoms with E-state index in [1.165, 1.54) is 23.6 Å². The van der Waals surface area contributed by atoms with Crippen molar-refractivity contribution >= 4 is 28.2 Å². The summed E-state index contributed by atoms with van der Waals surface area (Å²) in [7, 11) is 1.69. The average molecular weight is 454 g/mol. The maximum absolute atomic E-state index is 13.8. The molecule has 3 aromatic rings. The van der Waals surface area contributed by atoms with E-state index in [9.17, 15) is 14.0 Å². The van der Waals surface area contributed by atoms with Crippen molar-refractivity contribution in [2.75, 3.05) is 25.5 Å². The summed E-state index contributed by atoms with van der Waals surface area (Å²) < 4.78 is 19.2. The summed E-state index contributed by atoms with van der Waals surface area (Å²) in [6.45, 7) is 0.445. The van der Waals surface area contributed by atoms with Gasteiger partial charge in [0.15, 0.2) is 11.6 Å². The zero-order valence-corrected chi connectivity index (χ0v) is 18.6. The molecule has 4 rings (SSSR count). The summed E-state index contributed by atoms with van der Waals surface area (Å²) in [6, 6.07) is 9.56. The molecule has 0 bridgehead atoms. The Labute approximate surface area is 190 Å². The molecule has 1 aromatic carbocycles. The number of likely N-dealkylation sites (N-methyl/N-ethyl adjacent to an activating group) is 1. The second kappa shape index (κ2) is 9.91. The molecule has 2 aromatic heterocycles. The van der Waals surface area contributed by atoms with Gasteiger partial charge in [0.25, 0.3) is 11.8 Å². The Morgan fingerprint density at radius 3 is 2.78 bits per heavy atom. The fourth-order valence-corrected chi connectivity index (χ4v) is 4.98. The predicted molar refractivity (Wildman–Crippen MR) is 122 cm³/mol. The number of hydrogen-bond donors (Lipinski definition) is 1. The van der Waals surface area contributed by atoms with E-state index in [-0.39, 0.29) is 30.7 Å². The van der Waals surface area contributed by atoms with Gasteiger partial charge >= 0.3 is 0 Å². The first-order valence-electron chi connectivity index (χ1n) is 10.5. The second-order valence-electron chi connectivity index (χ2n) is 7.62. The van der Waals surface area contributed by atoms with Gasteiger partial charge in [-0.25, -0.2) is 4.39 Å². The molecule has 0 aliphatic heterocycles. The number of benzene rings is 1. The molecule has 0 saturated heterocycles. The van der Waals surface area contributed by atoms with Crippen LogP contribution in [0.1, 0.15) is 44.0 Å². The third kappa shape index (κ3) is 4.80. The molecule has 0 saturated carbocycles.